The largest absolute Gasteiger partial charge is 0.468 e. The summed E-state index contributed by atoms with van der Waals surface area (Å²) in [5.74, 6) is -0.190. The average molecular weight is 173 g/mol. The molecule has 0 bridgehead atoms. The van der Waals surface area contributed by atoms with E-state index in [-0.39, 0.29) is 5.97 Å². The number of nitrogens with one attached hydrogen (secondary N) is 1. The summed E-state index contributed by atoms with van der Waals surface area (Å²) in [6, 6.07) is 0.453. The molecule has 3 nitrogen and oxygen atoms in total. The zero-order valence-corrected chi connectivity index (χ0v) is 8.22. The van der Waals surface area contributed by atoms with Crippen LogP contribution in [0.2, 0.25) is 0 Å². The summed E-state index contributed by atoms with van der Waals surface area (Å²) in [4.78, 5) is 10.8. The Bertz CT molecular complexity index is 126. The van der Waals surface area contributed by atoms with Gasteiger partial charge in [-0.2, -0.15) is 0 Å². The quantitative estimate of drug-likeness (QED) is 0.616. The minimum absolute atomic E-state index is 0.190. The SMILES string of the molecule is CCCC(CC)NCC(=O)OC. The number of hydrogen-bond acceptors (Lipinski definition) is 3. The fraction of sp³-hybridized carbons (Fsp3) is 0.889. The van der Waals surface area contributed by atoms with E-state index in [9.17, 15) is 4.79 Å². The number of carbonyl (C=O) groups is 1. The van der Waals surface area contributed by atoms with Crippen LogP contribution in [0.25, 0.3) is 0 Å². The van der Waals surface area contributed by atoms with Crippen LogP contribution in [-0.2, 0) is 9.53 Å². The number of methoxy groups -OCH3 is 1. The van der Waals surface area contributed by atoms with Crippen molar-refractivity contribution in [1.29, 1.82) is 0 Å². The highest BCUT2D eigenvalue weighted by atomic mass is 16.5. The van der Waals surface area contributed by atoms with Crippen molar-refractivity contribution >= 4 is 5.97 Å². The molecule has 0 spiro atoms. The maximum atomic E-state index is 10.8. The molecule has 0 aliphatic rings. The molecule has 1 unspecified atom stereocenters. The maximum absolute atomic E-state index is 10.8. The molecule has 0 saturated heterocycles. The highest BCUT2D eigenvalue weighted by Crippen LogP contribution is 1.99. The molecule has 0 aromatic carbocycles. The van der Waals surface area contributed by atoms with Gasteiger partial charge in [-0.1, -0.05) is 20.3 Å². The van der Waals surface area contributed by atoms with E-state index in [0.717, 1.165) is 19.3 Å². The Morgan fingerprint density at radius 1 is 1.50 bits per heavy atom. The smallest absolute Gasteiger partial charge is 0.319 e. The lowest BCUT2D eigenvalue weighted by atomic mass is 10.1. The van der Waals surface area contributed by atoms with Gasteiger partial charge in [-0.15, -0.1) is 0 Å². The van der Waals surface area contributed by atoms with Crippen molar-refractivity contribution in [3.05, 3.63) is 0 Å². The summed E-state index contributed by atoms with van der Waals surface area (Å²) in [6.07, 6.45) is 3.32. The second-order valence-electron chi connectivity index (χ2n) is 2.85. The van der Waals surface area contributed by atoms with Gasteiger partial charge in [0.25, 0.3) is 0 Å². The average Bonchev–Trinajstić information content (AvgIpc) is 2.11. The summed E-state index contributed by atoms with van der Waals surface area (Å²) in [5, 5.41) is 3.15. The van der Waals surface area contributed by atoms with Crippen molar-refractivity contribution in [3.63, 3.8) is 0 Å². The number of hydrogen-bond donors (Lipinski definition) is 1. The summed E-state index contributed by atoms with van der Waals surface area (Å²) < 4.78 is 4.52. The minimum Gasteiger partial charge on any atom is -0.468 e. The number of carbonyl (C=O) groups excluding carboxylic acids is 1. The third-order valence-corrected chi connectivity index (χ3v) is 1.89. The molecule has 0 aliphatic carbocycles. The van der Waals surface area contributed by atoms with Crippen LogP contribution >= 0.6 is 0 Å². The Hall–Kier alpha value is -0.570. The monoisotopic (exact) mass is 173 g/mol. The lowest BCUT2D eigenvalue weighted by Gasteiger charge is -2.14. The summed E-state index contributed by atoms with van der Waals surface area (Å²) in [5.41, 5.74) is 0. The fourth-order valence-electron chi connectivity index (χ4n) is 1.10. The van der Waals surface area contributed by atoms with Crippen LogP contribution in [0.5, 0.6) is 0 Å². The second kappa shape index (κ2) is 7.10. The van der Waals surface area contributed by atoms with Crippen molar-refractivity contribution in [3.8, 4) is 0 Å². The summed E-state index contributed by atoms with van der Waals surface area (Å²) >= 11 is 0. The molecule has 3 heteroatoms. The normalized spacial score (nSPS) is 12.6. The molecule has 72 valence electrons. The fourth-order valence-corrected chi connectivity index (χ4v) is 1.10. The maximum Gasteiger partial charge on any atom is 0.319 e. The van der Waals surface area contributed by atoms with Crippen LogP contribution in [0.1, 0.15) is 33.1 Å². The second-order valence-corrected chi connectivity index (χ2v) is 2.85. The van der Waals surface area contributed by atoms with E-state index in [2.05, 4.69) is 23.9 Å². The van der Waals surface area contributed by atoms with E-state index in [1.165, 1.54) is 7.11 Å². The van der Waals surface area contributed by atoms with Gasteiger partial charge < -0.3 is 10.1 Å². The standard InChI is InChI=1S/C9H19NO2/c1-4-6-8(5-2)10-7-9(11)12-3/h8,10H,4-7H2,1-3H3. The van der Waals surface area contributed by atoms with E-state index < -0.39 is 0 Å². The molecule has 0 aromatic rings. The van der Waals surface area contributed by atoms with E-state index in [4.69, 9.17) is 0 Å². The molecular weight excluding hydrogens is 154 g/mol. The topological polar surface area (TPSA) is 38.3 Å². The van der Waals surface area contributed by atoms with Crippen molar-refractivity contribution in [1.82, 2.24) is 5.32 Å². The molecule has 0 saturated carbocycles. The predicted octanol–water partition coefficient (Wildman–Crippen LogP) is 1.33. The Kier molecular flexibility index (Phi) is 6.76. The molecule has 0 rings (SSSR count). The first kappa shape index (κ1) is 11.4. The van der Waals surface area contributed by atoms with Crippen LogP contribution in [0.4, 0.5) is 0 Å². The molecule has 0 radical (unpaired) electrons. The van der Waals surface area contributed by atoms with E-state index in [1.54, 1.807) is 0 Å². The van der Waals surface area contributed by atoms with Crippen LogP contribution in [0.3, 0.4) is 0 Å². The Balaban J connectivity index is 3.50. The minimum atomic E-state index is -0.190. The first-order valence-corrected chi connectivity index (χ1v) is 4.54. The van der Waals surface area contributed by atoms with Crippen molar-refractivity contribution in [2.24, 2.45) is 0 Å². The molecule has 0 aromatic heterocycles. The Labute approximate surface area is 74.5 Å². The summed E-state index contributed by atoms with van der Waals surface area (Å²) in [7, 11) is 1.41. The lowest BCUT2D eigenvalue weighted by Crippen LogP contribution is -2.33. The van der Waals surface area contributed by atoms with Crippen molar-refractivity contribution in [2.45, 2.75) is 39.2 Å². The van der Waals surface area contributed by atoms with Gasteiger partial charge in [-0.25, -0.2) is 0 Å². The molecule has 0 amide bonds. The molecule has 1 N–H and O–H groups in total. The van der Waals surface area contributed by atoms with Gasteiger partial charge in [0.2, 0.25) is 0 Å². The van der Waals surface area contributed by atoms with Gasteiger partial charge >= 0.3 is 5.97 Å². The van der Waals surface area contributed by atoms with Crippen LogP contribution < -0.4 is 5.32 Å². The number of ether oxygens (including phenoxy) is 1. The molecule has 12 heavy (non-hydrogen) atoms. The highest BCUT2D eigenvalue weighted by Gasteiger charge is 2.06. The molecular formula is C9H19NO2. The van der Waals surface area contributed by atoms with Gasteiger partial charge in [0.15, 0.2) is 0 Å². The van der Waals surface area contributed by atoms with Gasteiger partial charge in [0.05, 0.1) is 13.7 Å². The van der Waals surface area contributed by atoms with Gasteiger partial charge in [0.1, 0.15) is 0 Å². The van der Waals surface area contributed by atoms with Crippen LogP contribution in [0.15, 0.2) is 0 Å². The Morgan fingerprint density at radius 2 is 2.17 bits per heavy atom. The number of esters is 1. The predicted molar refractivity (Wildman–Crippen MR) is 49.0 cm³/mol. The van der Waals surface area contributed by atoms with Gasteiger partial charge in [0, 0.05) is 6.04 Å². The van der Waals surface area contributed by atoms with Crippen molar-refractivity contribution in [2.75, 3.05) is 13.7 Å². The first-order valence-electron chi connectivity index (χ1n) is 4.54. The molecule has 0 fully saturated rings. The van der Waals surface area contributed by atoms with Gasteiger partial charge in [-0.05, 0) is 12.8 Å². The number of rotatable bonds is 6. The van der Waals surface area contributed by atoms with E-state index in [1.807, 2.05) is 0 Å². The zero-order chi connectivity index (χ0) is 9.40. The highest BCUT2D eigenvalue weighted by molar-refractivity contribution is 5.71. The third-order valence-electron chi connectivity index (χ3n) is 1.89. The molecule has 1 atom stereocenters. The summed E-state index contributed by atoms with van der Waals surface area (Å²) in [6.45, 7) is 4.59. The van der Waals surface area contributed by atoms with Crippen LogP contribution in [-0.4, -0.2) is 25.7 Å². The zero-order valence-electron chi connectivity index (χ0n) is 8.22. The Morgan fingerprint density at radius 3 is 2.58 bits per heavy atom. The van der Waals surface area contributed by atoms with E-state index >= 15 is 0 Å². The van der Waals surface area contributed by atoms with Crippen LogP contribution in [0, 0.1) is 0 Å². The first-order chi connectivity index (χ1) is 5.74. The van der Waals surface area contributed by atoms with Gasteiger partial charge in [-0.3, -0.25) is 4.79 Å². The lowest BCUT2D eigenvalue weighted by molar-refractivity contribution is -0.139. The molecule has 0 aliphatic heterocycles. The molecule has 0 heterocycles. The van der Waals surface area contributed by atoms with Crippen molar-refractivity contribution < 1.29 is 9.53 Å². The van der Waals surface area contributed by atoms with E-state index in [0.29, 0.717) is 12.6 Å². The third kappa shape index (κ3) is 5.13.